The zero-order chi connectivity index (χ0) is 45.5. The third-order valence-corrected chi connectivity index (χ3v) is 27.1. The van der Waals surface area contributed by atoms with Crippen molar-refractivity contribution in [3.8, 4) is 0 Å². The van der Waals surface area contributed by atoms with Gasteiger partial charge in [0.2, 0.25) is 0 Å². The van der Waals surface area contributed by atoms with Crippen LogP contribution >= 0.6 is 0 Å². The highest BCUT2D eigenvalue weighted by Crippen LogP contribution is 2.81. The zero-order valence-electron chi connectivity index (χ0n) is 39.4. The average Bonchev–Trinajstić information content (AvgIpc) is 1.80. The van der Waals surface area contributed by atoms with Crippen LogP contribution in [0.25, 0.3) is 377 Å². The van der Waals surface area contributed by atoms with Crippen molar-refractivity contribution in [3.05, 3.63) is 0 Å². The second-order valence-electron chi connectivity index (χ2n) is 27.7. The Balaban J connectivity index is 1.17. The zero-order valence-corrected chi connectivity index (χ0v) is 39.4. The number of fused-ring (bicyclic) bond motifs is 5. The van der Waals surface area contributed by atoms with Gasteiger partial charge in [0.1, 0.15) is 6.73 Å². The Morgan fingerprint density at radius 2 is 0.286 bits per heavy atom. The Labute approximate surface area is 416 Å². The van der Waals surface area contributed by atoms with Crippen LogP contribution in [-0.4, -0.2) is 24.9 Å². The number of hydrogen-bond acceptors (Lipinski definition) is 2. The van der Waals surface area contributed by atoms with Gasteiger partial charge in [-0.3, -0.25) is 0 Å². The molecule has 0 N–H and O–H groups in total. The topological polar surface area (TPSA) is 23.4 Å². The number of hydrogen-bond donors (Lipinski definition) is 0. The molecule has 35 aromatic carbocycles. The Morgan fingerprint density at radius 3 is 0.416 bits per heavy atom. The van der Waals surface area contributed by atoms with Crippen molar-refractivity contribution >= 4 is 377 Å². The van der Waals surface area contributed by atoms with E-state index in [1.807, 2.05) is 7.11 Å². The van der Waals surface area contributed by atoms with Crippen molar-refractivity contribution in [1.82, 2.24) is 4.57 Å². The van der Waals surface area contributed by atoms with E-state index in [0.717, 1.165) is 0 Å². The molecule has 0 aliphatic carbocycles. The van der Waals surface area contributed by atoms with Crippen LogP contribution in [0.3, 0.4) is 0 Å². The minimum absolute atomic E-state index is 0.505. The molecule has 1 heterocycles. The van der Waals surface area contributed by atoms with Gasteiger partial charge in [-0.25, -0.2) is 0 Å². The molecule has 322 valence electrons. The van der Waals surface area contributed by atoms with Crippen LogP contribution in [0.5, 0.6) is 0 Å². The summed E-state index contributed by atoms with van der Waals surface area (Å²) in [6.45, 7) is 1.65. The van der Waals surface area contributed by atoms with E-state index in [4.69, 9.17) is 9.47 Å². The first-order chi connectivity index (χ1) is 38.4. The molecule has 1 aromatic heterocycles. The molecule has 0 aliphatic rings. The summed E-state index contributed by atoms with van der Waals surface area (Å²) in [7, 11) is 1.83. The van der Waals surface area contributed by atoms with E-state index < -0.39 is 0 Å². The number of nitrogens with zero attached hydrogens (tertiary/aromatic N) is 1. The second-order valence-corrected chi connectivity index (χ2v) is 27.7. The Hall–Kier alpha value is -9.38. The molecule has 3 heteroatoms. The first-order valence-corrected chi connectivity index (χ1v) is 28.5. The molecule has 0 unspecified atom stereocenters. The average molecular weight is 944 g/mol. The molecule has 77 heavy (non-hydrogen) atoms. The fraction of sp³-hybridized carbons (Fsp3) is 0.0541. The number of benzene rings is 24. The lowest BCUT2D eigenvalue weighted by Gasteiger charge is -2.27. The summed E-state index contributed by atoms with van der Waals surface area (Å²) in [5, 5.41) is 110. The number of methoxy groups -OCH3 is 1. The van der Waals surface area contributed by atoms with E-state index in [2.05, 4.69) is 4.57 Å². The van der Waals surface area contributed by atoms with E-state index in [1.165, 1.54) is 11.0 Å². The van der Waals surface area contributed by atoms with Crippen molar-refractivity contribution in [2.45, 2.75) is 6.73 Å². The van der Waals surface area contributed by atoms with Crippen molar-refractivity contribution in [2.24, 2.45) is 0 Å². The van der Waals surface area contributed by atoms with E-state index in [9.17, 15) is 0 Å². The summed E-state index contributed by atoms with van der Waals surface area (Å²) in [6.07, 6.45) is 0. The van der Waals surface area contributed by atoms with Crippen LogP contribution in [-0.2, 0) is 16.2 Å². The molecule has 0 saturated heterocycles. The van der Waals surface area contributed by atoms with Gasteiger partial charge in [-0.2, -0.15) is 0 Å². The predicted octanol–water partition coefficient (Wildman–Crippen LogP) is 20.7. The number of aromatic nitrogens is 1. The number of ether oxygens (including phenoxy) is 2. The maximum absolute atomic E-state index is 7.12. The van der Waals surface area contributed by atoms with Gasteiger partial charge < -0.3 is 14.0 Å². The molecular formula is C74H9NO2. The molecule has 36 aromatic rings. The van der Waals surface area contributed by atoms with Crippen LogP contribution < -0.4 is 0 Å². The second kappa shape index (κ2) is 6.59. The fourth-order valence-corrected chi connectivity index (χ4v) is 26.8. The van der Waals surface area contributed by atoms with Crippen molar-refractivity contribution in [3.63, 3.8) is 0 Å². The lowest BCUT2D eigenvalue weighted by molar-refractivity contribution is 0.0377. The van der Waals surface area contributed by atoms with E-state index >= 15 is 0 Å². The fourth-order valence-electron chi connectivity index (χ4n) is 26.8. The smallest absolute Gasteiger partial charge is 0.123 e. The Bertz CT molecular complexity index is 8940. The van der Waals surface area contributed by atoms with Crippen LogP contribution in [0.1, 0.15) is 0 Å². The van der Waals surface area contributed by atoms with Crippen LogP contribution in [0.2, 0.25) is 0 Å². The minimum atomic E-state index is 0.505. The number of pyridine rings is 1. The van der Waals surface area contributed by atoms with Crippen molar-refractivity contribution in [2.75, 3.05) is 20.3 Å². The molecule has 0 fully saturated rings. The van der Waals surface area contributed by atoms with E-state index in [-0.39, 0.29) is 0 Å². The summed E-state index contributed by atoms with van der Waals surface area (Å²) in [5.41, 5.74) is 2.91. The monoisotopic (exact) mass is 943 g/mol. The standard InChI is InChI=1S/C74H9NO2/c1-76-2-3-77-4-75-73-69-62-55-44-33-22-14-7-5-6-8-10-9(7)20(22)27-26-21(10)23-16(8)19-18-12(6)13-11(5)15-17(14)29-35(33)46-47-36(29)34-25(15)28-24(13)32-30(18)38-31(19)39-37(23)43-40(26)49(41(27)44)60(62)64-53(43)52(39)59-51(38)54-48(32)50-42(28)45(34)56-58(47)67(66(69)57(46)55)70-63(56)61(50)65(54)72(74(70)75)68(59)71(64)73/h2-4H2,1H3. The molecule has 0 spiro atoms. The summed E-state index contributed by atoms with van der Waals surface area (Å²) < 4.78 is 15.7. The van der Waals surface area contributed by atoms with Gasteiger partial charge >= 0.3 is 0 Å². The summed E-state index contributed by atoms with van der Waals surface area (Å²) >= 11 is 0. The maximum Gasteiger partial charge on any atom is 0.123 e. The van der Waals surface area contributed by atoms with Gasteiger partial charge in [0, 0.05) is 373 Å². The third kappa shape index (κ3) is 1.57. The van der Waals surface area contributed by atoms with Gasteiger partial charge in [0.15, 0.2) is 0 Å². The maximum atomic E-state index is 7.12. The van der Waals surface area contributed by atoms with Gasteiger partial charge in [-0.1, -0.05) is 0 Å². The molecule has 0 aliphatic heterocycles. The molecule has 0 atom stereocenters. The van der Waals surface area contributed by atoms with Crippen molar-refractivity contribution in [1.29, 1.82) is 0 Å². The SMILES string of the molecule is COCCOCn1c2c3c4c5c6c7c8c9c%10c%11c%12c%13c%14c%10c8c8c%10c%14c%14c%13c%13c%15c%12c%12c%11c%11c9c9c7c7c%16c9c9c%11c%11c%12c%12c%15c%15c%13c%13c%14c%14c%10c(c86)c4c4c%14c%13c6c%15c8c%12c%10c%11c9c9c%16c(c3c75)c3c9c%10c8c(c6c42)c31. The van der Waals surface area contributed by atoms with E-state index in [1.54, 1.807) is 366 Å². The number of rotatable bonds is 5. The predicted molar refractivity (Wildman–Crippen MR) is 329 cm³/mol. The van der Waals surface area contributed by atoms with Gasteiger partial charge in [-0.15, -0.1) is 0 Å². The lowest BCUT2D eigenvalue weighted by atomic mass is 9.77. The van der Waals surface area contributed by atoms with Gasteiger partial charge in [0.25, 0.3) is 0 Å². The van der Waals surface area contributed by atoms with Crippen LogP contribution in [0.15, 0.2) is 0 Å². The van der Waals surface area contributed by atoms with E-state index in [0.29, 0.717) is 19.9 Å². The first-order valence-electron chi connectivity index (χ1n) is 28.5. The van der Waals surface area contributed by atoms with Crippen LogP contribution in [0.4, 0.5) is 0 Å². The van der Waals surface area contributed by atoms with Crippen LogP contribution in [0, 0.1) is 0 Å². The highest BCUT2D eigenvalue weighted by Gasteiger charge is 2.52. The lowest BCUT2D eigenvalue weighted by Crippen LogP contribution is -2.11. The van der Waals surface area contributed by atoms with Gasteiger partial charge in [0.05, 0.1) is 24.2 Å². The molecular weight excluding hydrogens is 935 g/mol. The molecule has 0 radical (unpaired) electrons. The summed E-state index contributed by atoms with van der Waals surface area (Å²) in [5.74, 6) is 0. The molecule has 0 amide bonds. The van der Waals surface area contributed by atoms with Gasteiger partial charge in [-0.05, 0) is 0 Å². The highest BCUT2D eigenvalue weighted by atomic mass is 16.5. The minimum Gasteiger partial charge on any atom is -0.382 e. The molecule has 3 nitrogen and oxygen atoms in total. The third-order valence-electron chi connectivity index (χ3n) is 27.1. The quantitative estimate of drug-likeness (QED) is 0.0975. The largest absolute Gasteiger partial charge is 0.382 e. The summed E-state index contributed by atoms with van der Waals surface area (Å²) in [4.78, 5) is 0. The molecule has 36 rings (SSSR count). The highest BCUT2D eigenvalue weighted by molar-refractivity contribution is 6.85. The molecule has 0 bridgehead atoms. The normalized spacial score (nSPS) is 17.4. The van der Waals surface area contributed by atoms with Crippen molar-refractivity contribution < 1.29 is 9.47 Å². The Kier molecular flexibility index (Phi) is 2.44. The summed E-state index contributed by atoms with van der Waals surface area (Å²) in [6, 6.07) is 0. The first kappa shape index (κ1) is 28.5. The molecule has 0 saturated carbocycles. The Morgan fingerprint density at radius 1 is 0.169 bits per heavy atom.